The molecule has 94 valence electrons. The Morgan fingerprint density at radius 2 is 1.56 bits per heavy atom. The van der Waals surface area contributed by atoms with Gasteiger partial charge in [-0.1, -0.05) is 12.8 Å². The van der Waals surface area contributed by atoms with Crippen LogP contribution in [0, 0.1) is 5.41 Å². The summed E-state index contributed by atoms with van der Waals surface area (Å²) in [6.07, 6.45) is 7.98. The van der Waals surface area contributed by atoms with E-state index in [-0.39, 0.29) is 17.0 Å². The van der Waals surface area contributed by atoms with Gasteiger partial charge in [0.15, 0.2) is 11.6 Å². The monoisotopic (exact) mass is 245 g/mol. The highest BCUT2D eigenvalue weighted by Crippen LogP contribution is 2.49. The summed E-state index contributed by atoms with van der Waals surface area (Å²) >= 11 is 0. The van der Waals surface area contributed by atoms with Gasteiger partial charge in [-0.05, 0) is 18.3 Å². The van der Waals surface area contributed by atoms with Crippen LogP contribution in [-0.2, 0) is 9.59 Å². The Balaban J connectivity index is 1.87. The Morgan fingerprint density at radius 1 is 1.00 bits per heavy atom. The summed E-state index contributed by atoms with van der Waals surface area (Å²) in [5, 5.41) is 0. The Morgan fingerprint density at radius 3 is 2.11 bits per heavy atom. The lowest BCUT2D eigenvalue weighted by molar-refractivity contribution is -0.136. The number of carbonyl (C=O) groups is 2. The number of Topliss-reactive ketones (excluding diaryl/α,β-unsaturated/α-hetero) is 2. The Bertz CT molecular complexity index is 460. The molecule has 2 saturated carbocycles. The molecule has 0 amide bonds. The number of aromatic nitrogens is 3. The fourth-order valence-electron chi connectivity index (χ4n) is 3.35. The molecule has 0 saturated heterocycles. The van der Waals surface area contributed by atoms with E-state index < -0.39 is 5.92 Å². The number of carbonyl (C=O) groups excluding carboxylic acids is 2. The summed E-state index contributed by atoms with van der Waals surface area (Å²) in [5.74, 6) is -0.467. The molecule has 1 spiro atoms. The Labute approximate surface area is 105 Å². The average Bonchev–Trinajstić information content (AvgIpc) is 2.77. The molecule has 0 aromatic carbocycles. The third-order valence-electron chi connectivity index (χ3n) is 4.18. The molecule has 2 aliphatic rings. The topological polar surface area (TPSA) is 72.8 Å². The first-order valence-corrected chi connectivity index (χ1v) is 6.38. The molecular formula is C13H15N3O2. The third kappa shape index (κ3) is 1.83. The second-order valence-corrected chi connectivity index (χ2v) is 5.42. The van der Waals surface area contributed by atoms with Crippen molar-refractivity contribution in [2.45, 2.75) is 44.4 Å². The minimum atomic E-state index is -0.751. The van der Waals surface area contributed by atoms with Crippen molar-refractivity contribution in [2.24, 2.45) is 5.41 Å². The van der Waals surface area contributed by atoms with Gasteiger partial charge in [-0.25, -0.2) is 15.0 Å². The van der Waals surface area contributed by atoms with Crippen molar-refractivity contribution in [3.63, 3.8) is 0 Å². The quantitative estimate of drug-likeness (QED) is 0.700. The lowest BCUT2D eigenvalue weighted by atomic mass is 9.68. The van der Waals surface area contributed by atoms with Crippen LogP contribution < -0.4 is 0 Å². The molecule has 5 nitrogen and oxygen atoms in total. The van der Waals surface area contributed by atoms with E-state index in [2.05, 4.69) is 15.0 Å². The highest BCUT2D eigenvalue weighted by molar-refractivity contribution is 6.09. The van der Waals surface area contributed by atoms with E-state index in [0.29, 0.717) is 18.7 Å². The summed E-state index contributed by atoms with van der Waals surface area (Å²) in [4.78, 5) is 36.1. The zero-order valence-corrected chi connectivity index (χ0v) is 10.1. The van der Waals surface area contributed by atoms with Crippen LogP contribution in [0.5, 0.6) is 0 Å². The van der Waals surface area contributed by atoms with E-state index in [9.17, 15) is 9.59 Å². The van der Waals surface area contributed by atoms with E-state index >= 15 is 0 Å². The molecule has 0 unspecified atom stereocenters. The van der Waals surface area contributed by atoms with Gasteiger partial charge in [0.25, 0.3) is 0 Å². The van der Waals surface area contributed by atoms with Gasteiger partial charge in [0.05, 0.1) is 0 Å². The van der Waals surface area contributed by atoms with Crippen molar-refractivity contribution in [3.05, 3.63) is 18.5 Å². The Hall–Kier alpha value is -1.65. The molecule has 0 aliphatic heterocycles. The van der Waals surface area contributed by atoms with E-state index in [0.717, 1.165) is 25.7 Å². The highest BCUT2D eigenvalue weighted by Gasteiger charge is 2.47. The molecule has 0 atom stereocenters. The molecule has 0 N–H and O–H groups in total. The molecule has 1 aromatic heterocycles. The fraction of sp³-hybridized carbons (Fsp3) is 0.615. The minimum Gasteiger partial charge on any atom is -0.298 e. The summed E-state index contributed by atoms with van der Waals surface area (Å²) in [6, 6.07) is 0. The van der Waals surface area contributed by atoms with Gasteiger partial charge in [-0.2, -0.15) is 0 Å². The molecule has 0 bridgehead atoms. The molecule has 5 heteroatoms. The van der Waals surface area contributed by atoms with Crippen LogP contribution in [0.4, 0.5) is 0 Å². The summed E-state index contributed by atoms with van der Waals surface area (Å²) in [5.41, 5.74) is -0.0440. The minimum absolute atomic E-state index is 0.0145. The standard InChI is InChI=1S/C13H15N3O2/c17-9-5-13(3-1-2-4-13)6-10(18)11(9)12-15-7-14-8-16-12/h7-8,11H,1-6H2. The molecule has 18 heavy (non-hydrogen) atoms. The third-order valence-corrected chi connectivity index (χ3v) is 4.18. The van der Waals surface area contributed by atoms with Crippen LogP contribution >= 0.6 is 0 Å². The van der Waals surface area contributed by atoms with Crippen molar-refractivity contribution >= 4 is 11.6 Å². The number of hydrogen-bond acceptors (Lipinski definition) is 5. The second-order valence-electron chi connectivity index (χ2n) is 5.42. The maximum absolute atomic E-state index is 12.2. The molecule has 1 heterocycles. The number of nitrogens with zero attached hydrogens (tertiary/aromatic N) is 3. The van der Waals surface area contributed by atoms with Gasteiger partial charge >= 0.3 is 0 Å². The summed E-state index contributed by atoms with van der Waals surface area (Å²) < 4.78 is 0. The highest BCUT2D eigenvalue weighted by atomic mass is 16.2. The maximum Gasteiger partial charge on any atom is 0.151 e. The SMILES string of the molecule is O=C1CC2(CCCC2)CC(=O)C1c1ncncn1. The Kier molecular flexibility index (Phi) is 2.69. The summed E-state index contributed by atoms with van der Waals surface area (Å²) in [6.45, 7) is 0. The normalized spacial score (nSPS) is 23.8. The van der Waals surface area contributed by atoms with Crippen LogP contribution in [0.3, 0.4) is 0 Å². The van der Waals surface area contributed by atoms with Gasteiger partial charge in [0, 0.05) is 12.8 Å². The fourth-order valence-corrected chi connectivity index (χ4v) is 3.35. The first-order chi connectivity index (χ1) is 8.70. The summed E-state index contributed by atoms with van der Waals surface area (Å²) in [7, 11) is 0. The molecule has 2 aliphatic carbocycles. The molecule has 3 rings (SSSR count). The van der Waals surface area contributed by atoms with Gasteiger partial charge in [-0.15, -0.1) is 0 Å². The average molecular weight is 245 g/mol. The predicted octanol–water partition coefficient (Wildman–Crippen LogP) is 1.45. The van der Waals surface area contributed by atoms with Crippen LogP contribution in [0.25, 0.3) is 0 Å². The molecule has 0 radical (unpaired) electrons. The molecular weight excluding hydrogens is 230 g/mol. The van der Waals surface area contributed by atoms with Crippen LogP contribution in [0.2, 0.25) is 0 Å². The molecule has 1 aromatic rings. The first-order valence-electron chi connectivity index (χ1n) is 6.38. The van der Waals surface area contributed by atoms with E-state index in [1.165, 1.54) is 12.7 Å². The zero-order valence-electron chi connectivity index (χ0n) is 10.1. The number of rotatable bonds is 1. The number of hydrogen-bond donors (Lipinski definition) is 0. The van der Waals surface area contributed by atoms with Crippen molar-refractivity contribution in [2.75, 3.05) is 0 Å². The van der Waals surface area contributed by atoms with Crippen molar-refractivity contribution in [1.29, 1.82) is 0 Å². The van der Waals surface area contributed by atoms with Gasteiger partial charge in [-0.3, -0.25) is 9.59 Å². The van der Waals surface area contributed by atoms with Crippen LogP contribution in [0.15, 0.2) is 12.7 Å². The van der Waals surface area contributed by atoms with E-state index in [4.69, 9.17) is 0 Å². The lowest BCUT2D eigenvalue weighted by Gasteiger charge is -2.34. The van der Waals surface area contributed by atoms with Crippen molar-refractivity contribution in [1.82, 2.24) is 15.0 Å². The van der Waals surface area contributed by atoms with Crippen LogP contribution in [0.1, 0.15) is 50.3 Å². The van der Waals surface area contributed by atoms with Crippen LogP contribution in [-0.4, -0.2) is 26.5 Å². The van der Waals surface area contributed by atoms with Gasteiger partial charge < -0.3 is 0 Å². The van der Waals surface area contributed by atoms with Crippen molar-refractivity contribution in [3.8, 4) is 0 Å². The largest absolute Gasteiger partial charge is 0.298 e. The zero-order chi connectivity index (χ0) is 12.6. The smallest absolute Gasteiger partial charge is 0.151 e. The van der Waals surface area contributed by atoms with Gasteiger partial charge in [0.1, 0.15) is 24.4 Å². The molecule has 2 fully saturated rings. The lowest BCUT2D eigenvalue weighted by Crippen LogP contribution is -2.38. The van der Waals surface area contributed by atoms with E-state index in [1.54, 1.807) is 0 Å². The van der Waals surface area contributed by atoms with E-state index in [1.807, 2.05) is 0 Å². The van der Waals surface area contributed by atoms with Gasteiger partial charge in [0.2, 0.25) is 0 Å². The van der Waals surface area contributed by atoms with Crippen molar-refractivity contribution < 1.29 is 9.59 Å². The predicted molar refractivity (Wildman–Crippen MR) is 62.7 cm³/mol. The number of ketones is 2. The second kappa shape index (κ2) is 4.23. The first kappa shape index (κ1) is 11.4. The maximum atomic E-state index is 12.2.